The number of ether oxygens (including phenoxy) is 2. The first-order chi connectivity index (χ1) is 34.0. The Labute approximate surface area is 419 Å². The molecule has 6 amide bonds. The zero-order valence-electron chi connectivity index (χ0n) is 42.5. The van der Waals surface area contributed by atoms with Gasteiger partial charge in [0, 0.05) is 61.5 Å². The summed E-state index contributed by atoms with van der Waals surface area (Å²) >= 11 is 0. The highest BCUT2D eigenvalue weighted by Gasteiger charge is 2.24. The molecule has 0 bridgehead atoms. The van der Waals surface area contributed by atoms with E-state index in [0.29, 0.717) is 61.3 Å². The van der Waals surface area contributed by atoms with E-state index in [9.17, 15) is 34.1 Å². The van der Waals surface area contributed by atoms with Gasteiger partial charge in [-0.05, 0) is 105 Å². The summed E-state index contributed by atoms with van der Waals surface area (Å²) in [4.78, 5) is 85.3. The molecule has 23 heteroatoms. The highest BCUT2D eigenvalue weighted by atomic mass is 16.6. The van der Waals surface area contributed by atoms with Gasteiger partial charge in [-0.3, -0.25) is 25.5 Å². The van der Waals surface area contributed by atoms with Crippen molar-refractivity contribution in [2.24, 2.45) is 37.9 Å². The Morgan fingerprint density at radius 2 is 1.29 bits per heavy atom. The van der Waals surface area contributed by atoms with Crippen molar-refractivity contribution in [3.05, 3.63) is 105 Å². The highest BCUT2D eigenvalue weighted by molar-refractivity contribution is 5.98. The molecule has 72 heavy (non-hydrogen) atoms. The normalized spacial score (nSPS) is 13.4. The Kier molecular flexibility index (Phi) is 21.7. The molecule has 4 rings (SSSR count). The number of benzene rings is 2. The summed E-state index contributed by atoms with van der Waals surface area (Å²) in [5, 5.41) is 39.0. The Morgan fingerprint density at radius 3 is 1.78 bits per heavy atom. The smallest absolute Gasteiger partial charge is 0.407 e. The van der Waals surface area contributed by atoms with Gasteiger partial charge in [-0.1, -0.05) is 48.1 Å². The van der Waals surface area contributed by atoms with E-state index in [1.54, 1.807) is 25.1 Å². The molecule has 2 unspecified atom stereocenters. The van der Waals surface area contributed by atoms with E-state index >= 15 is 0 Å². The summed E-state index contributed by atoms with van der Waals surface area (Å²) in [6.07, 6.45) is 3.52. The largest absolute Gasteiger partial charge is 0.448 e. The average molecular weight is 999 g/mol. The highest BCUT2D eigenvalue weighted by Crippen LogP contribution is 2.28. The van der Waals surface area contributed by atoms with E-state index in [0.717, 1.165) is 30.6 Å². The number of rotatable bonds is 25. The van der Waals surface area contributed by atoms with E-state index in [1.165, 1.54) is 30.3 Å². The molecule has 0 radical (unpaired) electrons. The summed E-state index contributed by atoms with van der Waals surface area (Å²) in [7, 11) is 0. The molecule has 390 valence electrons. The van der Waals surface area contributed by atoms with Crippen LogP contribution in [0, 0.1) is 39.7 Å². The molecule has 2 atom stereocenters. The van der Waals surface area contributed by atoms with Gasteiger partial charge < -0.3 is 45.9 Å². The van der Waals surface area contributed by atoms with E-state index in [1.807, 2.05) is 37.8 Å². The summed E-state index contributed by atoms with van der Waals surface area (Å²) in [6, 6.07) is 13.3. The van der Waals surface area contributed by atoms with Gasteiger partial charge in [0.05, 0.1) is 35.1 Å². The molecule has 0 saturated carbocycles. The second-order valence-electron chi connectivity index (χ2n) is 19.4. The number of alkyl carbamates (subject to hydrolysis) is 2. The maximum atomic E-state index is 12.9. The lowest BCUT2D eigenvalue weighted by Gasteiger charge is -2.29. The van der Waals surface area contributed by atoms with Crippen molar-refractivity contribution in [2.45, 2.75) is 81.1 Å². The molecule has 23 nitrogen and oxygen atoms in total. The number of azo groups is 1. The lowest BCUT2D eigenvalue weighted by molar-refractivity contribution is -0.384. The van der Waals surface area contributed by atoms with Crippen LogP contribution in [-0.4, -0.2) is 97.6 Å². The molecule has 2 heterocycles. The molecule has 2 aromatic carbocycles. The van der Waals surface area contributed by atoms with Crippen molar-refractivity contribution in [1.82, 2.24) is 41.9 Å². The zero-order chi connectivity index (χ0) is 52.8. The number of aromatic nitrogens is 2. The lowest BCUT2D eigenvalue weighted by atomic mass is 9.82. The maximum Gasteiger partial charge on any atom is 0.407 e. The fraction of sp³-hybridized carbons (Fsp3) is 0.490. The van der Waals surface area contributed by atoms with Gasteiger partial charge in [0.2, 0.25) is 11.9 Å². The number of carbonyl (C=O) groups is 4. The van der Waals surface area contributed by atoms with Gasteiger partial charge in [0.1, 0.15) is 13.2 Å². The van der Waals surface area contributed by atoms with Crippen molar-refractivity contribution < 1.29 is 33.6 Å². The number of urea groups is 2. The Balaban J connectivity index is 1.23. The number of nitrogens with zero attached hydrogens (tertiary/aromatic N) is 6. The number of nitrogens with one attached hydrogen (secondary N) is 8. The topological polar surface area (TPSA) is 300 Å². The number of aromatic amines is 1. The Morgan fingerprint density at radius 1 is 0.792 bits per heavy atom. The predicted octanol–water partition coefficient (Wildman–Crippen LogP) is 8.04. The molecule has 1 aromatic heterocycles. The summed E-state index contributed by atoms with van der Waals surface area (Å²) in [6.45, 7) is 21.8. The summed E-state index contributed by atoms with van der Waals surface area (Å²) in [5.41, 5.74) is 2.57. The molecular weight excluding hydrogens is 929 g/mol. The van der Waals surface area contributed by atoms with Crippen molar-refractivity contribution in [3.8, 4) is 0 Å². The van der Waals surface area contributed by atoms with Crippen LogP contribution >= 0.6 is 0 Å². The molecule has 0 fully saturated rings. The molecular formula is C49H70N14O9. The van der Waals surface area contributed by atoms with Gasteiger partial charge in [-0.15, -0.1) is 0 Å². The monoisotopic (exact) mass is 999 g/mol. The molecule has 0 saturated heterocycles. The molecule has 0 spiro atoms. The van der Waals surface area contributed by atoms with Gasteiger partial charge in [0.25, 0.3) is 11.2 Å². The van der Waals surface area contributed by atoms with Crippen molar-refractivity contribution >= 4 is 58.9 Å². The van der Waals surface area contributed by atoms with Crippen LogP contribution in [0.1, 0.15) is 79.8 Å². The number of aryl methyl sites for hydroxylation is 1. The predicted molar refractivity (Wildman–Crippen MR) is 276 cm³/mol. The number of hydrogen-bond acceptors (Lipinski definition) is 15. The number of nitro benzene ring substituents is 1. The first kappa shape index (κ1) is 56.7. The maximum absolute atomic E-state index is 12.9. The number of amides is 6. The van der Waals surface area contributed by atoms with E-state index in [-0.39, 0.29) is 66.6 Å². The SMILES string of the molecule is C=C1C=C(C)NC(NC(=O)NCCC(C)CC(C)(C)CNC(=O)OCCN(CCOC(=O)NCC(C)(C)CC(C)CCNC(=O)Nc2nc(=O)cc(C)[nH]2)c2ccc(/N=N/c3ccc([N+](=O)[O-])cc3)cc2)=N1. The third kappa shape index (κ3) is 21.8. The second-order valence-corrected chi connectivity index (χ2v) is 19.4. The average Bonchev–Trinajstić information content (AvgIpc) is 3.28. The van der Waals surface area contributed by atoms with E-state index in [2.05, 4.69) is 96.7 Å². The van der Waals surface area contributed by atoms with Gasteiger partial charge >= 0.3 is 24.2 Å². The Bertz CT molecular complexity index is 2490. The molecule has 1 aliphatic rings. The first-order valence-corrected chi connectivity index (χ1v) is 23.8. The Hall–Kier alpha value is -7.85. The third-order valence-electron chi connectivity index (χ3n) is 11.1. The van der Waals surface area contributed by atoms with Crippen LogP contribution in [0.2, 0.25) is 0 Å². The number of H-pyrrole nitrogens is 1. The number of nitro groups is 1. The molecule has 3 aromatic rings. The molecule has 8 N–H and O–H groups in total. The van der Waals surface area contributed by atoms with Crippen molar-refractivity contribution in [2.75, 3.05) is 62.7 Å². The number of guanidine groups is 1. The van der Waals surface area contributed by atoms with Crippen molar-refractivity contribution in [3.63, 3.8) is 0 Å². The van der Waals surface area contributed by atoms with Gasteiger partial charge in [-0.2, -0.15) is 15.2 Å². The van der Waals surface area contributed by atoms with Gasteiger partial charge in [0.15, 0.2) is 0 Å². The van der Waals surface area contributed by atoms with E-state index < -0.39 is 28.7 Å². The van der Waals surface area contributed by atoms with Crippen LogP contribution in [0.25, 0.3) is 0 Å². The quantitative estimate of drug-likeness (QED) is 0.0227. The minimum absolute atomic E-state index is 0.0165. The van der Waals surface area contributed by atoms with Crippen LogP contribution in [0.3, 0.4) is 0 Å². The first-order valence-electron chi connectivity index (χ1n) is 23.8. The lowest BCUT2D eigenvalue weighted by Crippen LogP contribution is -2.46. The fourth-order valence-electron chi connectivity index (χ4n) is 7.85. The van der Waals surface area contributed by atoms with E-state index in [4.69, 9.17) is 9.47 Å². The number of non-ortho nitro benzene ring substituents is 1. The van der Waals surface area contributed by atoms with Crippen molar-refractivity contribution in [1.29, 1.82) is 0 Å². The second kappa shape index (κ2) is 27.5. The third-order valence-corrected chi connectivity index (χ3v) is 11.1. The molecule has 1 aliphatic heterocycles. The van der Waals surface area contributed by atoms with Crippen LogP contribution < -0.4 is 47.7 Å². The minimum atomic E-state index is -0.587. The number of aliphatic imine (C=N–C) groups is 1. The summed E-state index contributed by atoms with van der Waals surface area (Å²) in [5.74, 6) is 0.814. The van der Waals surface area contributed by atoms with Gasteiger partial charge in [-0.25, -0.2) is 24.2 Å². The number of anilines is 2. The fourth-order valence-corrected chi connectivity index (χ4v) is 7.85. The zero-order valence-corrected chi connectivity index (χ0v) is 42.5. The number of carbonyl (C=O) groups excluding carboxylic acids is 4. The van der Waals surface area contributed by atoms with Crippen LogP contribution in [0.4, 0.5) is 47.9 Å². The van der Waals surface area contributed by atoms with Crippen LogP contribution in [-0.2, 0) is 9.47 Å². The number of allylic oxidation sites excluding steroid dienone is 2. The minimum Gasteiger partial charge on any atom is -0.448 e. The molecule has 0 aliphatic carbocycles. The number of hydrogen-bond donors (Lipinski definition) is 8. The van der Waals surface area contributed by atoms with Crippen LogP contribution in [0.5, 0.6) is 0 Å². The summed E-state index contributed by atoms with van der Waals surface area (Å²) < 4.78 is 11.2. The van der Waals surface area contributed by atoms with Crippen LogP contribution in [0.15, 0.2) is 98.7 Å². The standard InChI is InChI=1S/C49H70N14O9/c1-32(18-20-50-44(65)58-42-54-34(3)26-35(4)55-42)28-48(6,7)30-52-46(67)71-24-22-62(39-14-10-37(11-15-39)60-61-38-12-16-40(17-13-38)63(69)70)23-25-72-47(68)53-31-49(8,9)29-33(2)19-21-51-45(66)59-43-56-36(5)27-41(64)57-43/h10-17,26-27,32-33H,3,18-25,28-31H2,1-2,4-9H3,(H,52,67)(H,53,68)(H3,50,54,55,58,65)(H3,51,56,57,59,64,66)/b61-60+.